The first-order valence-corrected chi connectivity index (χ1v) is 8.35. The van der Waals surface area contributed by atoms with Crippen LogP contribution in [0.1, 0.15) is 13.8 Å². The molecule has 3 rings (SSSR count). The maximum Gasteiger partial charge on any atom is 0.228 e. The van der Waals surface area contributed by atoms with Crippen LogP contribution in [0.3, 0.4) is 0 Å². The first-order valence-electron chi connectivity index (χ1n) is 7.53. The Bertz CT molecular complexity index is 762. The van der Waals surface area contributed by atoms with Gasteiger partial charge in [0, 0.05) is 11.3 Å². The lowest BCUT2D eigenvalue weighted by molar-refractivity contribution is -0.143. The third kappa shape index (κ3) is 3.09. The van der Waals surface area contributed by atoms with Gasteiger partial charge in [-0.2, -0.15) is 0 Å². The Balaban J connectivity index is 1.71. The molecule has 1 aliphatic heterocycles. The minimum atomic E-state index is -0.757. The number of fused-ring (bicyclic) bond motifs is 1. The summed E-state index contributed by atoms with van der Waals surface area (Å²) in [7, 11) is 0. The maximum absolute atomic E-state index is 12.4. The fourth-order valence-electron chi connectivity index (χ4n) is 2.82. The SMILES string of the molecule is CC(O)C1C(=O)NC1C(C)C(=O)Sc1ccc2ccccc2n1. The van der Waals surface area contributed by atoms with Gasteiger partial charge in [0.1, 0.15) is 5.03 Å². The molecule has 2 heterocycles. The number of carbonyl (C=O) groups excluding carboxylic acids is 2. The van der Waals surface area contributed by atoms with E-state index in [1.807, 2.05) is 36.4 Å². The van der Waals surface area contributed by atoms with Crippen LogP contribution in [0.4, 0.5) is 0 Å². The number of amides is 1. The molecular weight excluding hydrogens is 312 g/mol. The van der Waals surface area contributed by atoms with Gasteiger partial charge in [-0.15, -0.1) is 0 Å². The second-order valence-electron chi connectivity index (χ2n) is 5.85. The van der Waals surface area contributed by atoms with Crippen LogP contribution in [0.25, 0.3) is 10.9 Å². The van der Waals surface area contributed by atoms with Crippen molar-refractivity contribution < 1.29 is 14.7 Å². The molecule has 1 aromatic carbocycles. The zero-order valence-corrected chi connectivity index (χ0v) is 13.7. The molecule has 6 heteroatoms. The van der Waals surface area contributed by atoms with Gasteiger partial charge in [-0.3, -0.25) is 9.59 Å². The molecule has 0 spiro atoms. The summed E-state index contributed by atoms with van der Waals surface area (Å²) in [5.41, 5.74) is 0.844. The van der Waals surface area contributed by atoms with E-state index in [1.165, 1.54) is 0 Å². The van der Waals surface area contributed by atoms with E-state index in [-0.39, 0.29) is 23.0 Å². The fraction of sp³-hybridized carbons (Fsp3) is 0.353. The van der Waals surface area contributed by atoms with Crippen LogP contribution in [0.5, 0.6) is 0 Å². The molecule has 0 saturated carbocycles. The molecule has 0 aliphatic carbocycles. The van der Waals surface area contributed by atoms with Crippen molar-refractivity contribution in [3.05, 3.63) is 36.4 Å². The summed E-state index contributed by atoms with van der Waals surface area (Å²) in [6, 6.07) is 11.2. The predicted molar refractivity (Wildman–Crippen MR) is 88.9 cm³/mol. The summed E-state index contributed by atoms with van der Waals surface area (Å²) in [6.07, 6.45) is -0.757. The smallest absolute Gasteiger partial charge is 0.228 e. The Kier molecular flexibility index (Phi) is 4.37. The number of nitrogens with zero attached hydrogens (tertiary/aromatic N) is 1. The Hall–Kier alpha value is -1.92. The summed E-state index contributed by atoms with van der Waals surface area (Å²) in [5.74, 6) is -1.09. The molecule has 23 heavy (non-hydrogen) atoms. The third-order valence-electron chi connectivity index (χ3n) is 4.21. The van der Waals surface area contributed by atoms with E-state index in [0.717, 1.165) is 22.7 Å². The maximum atomic E-state index is 12.4. The molecule has 2 N–H and O–H groups in total. The highest BCUT2D eigenvalue weighted by molar-refractivity contribution is 8.13. The highest BCUT2D eigenvalue weighted by Gasteiger charge is 2.47. The van der Waals surface area contributed by atoms with Crippen molar-refractivity contribution in [2.75, 3.05) is 0 Å². The molecule has 2 aromatic rings. The second-order valence-corrected chi connectivity index (χ2v) is 6.88. The molecule has 1 aliphatic rings. The minimum Gasteiger partial charge on any atom is -0.393 e. The number of β-lactam (4-membered cyclic amide) rings is 1. The van der Waals surface area contributed by atoms with Crippen molar-refractivity contribution in [1.29, 1.82) is 0 Å². The van der Waals surface area contributed by atoms with Gasteiger partial charge in [-0.25, -0.2) is 4.98 Å². The van der Waals surface area contributed by atoms with Gasteiger partial charge in [-0.05, 0) is 30.8 Å². The van der Waals surface area contributed by atoms with Gasteiger partial charge in [0.15, 0.2) is 5.12 Å². The van der Waals surface area contributed by atoms with Gasteiger partial charge in [0.25, 0.3) is 0 Å². The standard InChI is InChI=1S/C17H18N2O3S/c1-9(15-14(10(2)20)16(21)19-15)17(22)23-13-8-7-11-5-3-4-6-12(11)18-13/h3-10,14-15,20H,1-2H3,(H,19,21). The highest BCUT2D eigenvalue weighted by atomic mass is 32.2. The first-order chi connectivity index (χ1) is 11.0. The van der Waals surface area contributed by atoms with Crippen LogP contribution in [0.2, 0.25) is 0 Å². The number of aliphatic hydroxyl groups is 1. The molecule has 0 bridgehead atoms. The number of carbonyl (C=O) groups is 2. The molecule has 1 amide bonds. The van der Waals surface area contributed by atoms with Crippen LogP contribution < -0.4 is 5.32 Å². The van der Waals surface area contributed by atoms with Gasteiger partial charge < -0.3 is 10.4 Å². The van der Waals surface area contributed by atoms with Gasteiger partial charge in [0.2, 0.25) is 5.91 Å². The van der Waals surface area contributed by atoms with Crippen molar-refractivity contribution >= 4 is 33.7 Å². The fourth-order valence-corrected chi connectivity index (χ4v) is 3.64. The van der Waals surface area contributed by atoms with E-state index < -0.39 is 12.0 Å². The summed E-state index contributed by atoms with van der Waals surface area (Å²) in [4.78, 5) is 28.4. The number of aromatic nitrogens is 1. The number of benzene rings is 1. The summed E-state index contributed by atoms with van der Waals surface area (Å²) in [5, 5.41) is 14.0. The molecule has 1 aromatic heterocycles. The number of para-hydroxylation sites is 1. The van der Waals surface area contributed by atoms with Crippen molar-refractivity contribution in [1.82, 2.24) is 10.3 Å². The normalized spacial score (nSPS) is 23.0. The van der Waals surface area contributed by atoms with E-state index in [4.69, 9.17) is 0 Å². The van der Waals surface area contributed by atoms with Crippen molar-refractivity contribution in [2.45, 2.75) is 31.0 Å². The van der Waals surface area contributed by atoms with E-state index in [0.29, 0.717) is 5.03 Å². The van der Waals surface area contributed by atoms with E-state index in [2.05, 4.69) is 10.3 Å². The van der Waals surface area contributed by atoms with Crippen molar-refractivity contribution in [3.8, 4) is 0 Å². The van der Waals surface area contributed by atoms with Crippen LogP contribution >= 0.6 is 11.8 Å². The number of hydrogen-bond acceptors (Lipinski definition) is 5. The molecule has 4 atom stereocenters. The van der Waals surface area contributed by atoms with Gasteiger partial charge in [0.05, 0.1) is 23.6 Å². The number of rotatable bonds is 4. The largest absolute Gasteiger partial charge is 0.393 e. The zero-order valence-electron chi connectivity index (χ0n) is 12.9. The lowest BCUT2D eigenvalue weighted by Crippen LogP contribution is -2.65. The van der Waals surface area contributed by atoms with E-state index >= 15 is 0 Å². The topological polar surface area (TPSA) is 79.3 Å². The Morgan fingerprint density at radius 1 is 1.26 bits per heavy atom. The lowest BCUT2D eigenvalue weighted by atomic mass is 9.79. The molecule has 4 unspecified atom stereocenters. The lowest BCUT2D eigenvalue weighted by Gasteiger charge is -2.41. The number of nitrogens with one attached hydrogen (secondary N) is 1. The second kappa shape index (κ2) is 6.29. The monoisotopic (exact) mass is 330 g/mol. The number of hydrogen-bond donors (Lipinski definition) is 2. The van der Waals surface area contributed by atoms with Crippen molar-refractivity contribution in [2.24, 2.45) is 11.8 Å². The molecule has 120 valence electrons. The van der Waals surface area contributed by atoms with Gasteiger partial charge in [-0.1, -0.05) is 31.2 Å². The Labute approximate surface area is 138 Å². The molecule has 1 saturated heterocycles. The average molecular weight is 330 g/mol. The highest BCUT2D eigenvalue weighted by Crippen LogP contribution is 2.31. The van der Waals surface area contributed by atoms with Crippen LogP contribution in [0, 0.1) is 11.8 Å². The summed E-state index contributed by atoms with van der Waals surface area (Å²) < 4.78 is 0. The minimum absolute atomic E-state index is 0.0663. The Morgan fingerprint density at radius 2 is 2.00 bits per heavy atom. The predicted octanol–water partition coefficient (Wildman–Crippen LogP) is 1.98. The molecular formula is C17H18N2O3S. The number of thioether (sulfide) groups is 1. The molecule has 5 nitrogen and oxygen atoms in total. The first kappa shape index (κ1) is 16.0. The third-order valence-corrected chi connectivity index (χ3v) is 5.22. The average Bonchev–Trinajstić information content (AvgIpc) is 2.51. The van der Waals surface area contributed by atoms with Crippen LogP contribution in [0.15, 0.2) is 41.4 Å². The molecule has 0 radical (unpaired) electrons. The number of pyridine rings is 1. The quantitative estimate of drug-likeness (QED) is 0.662. The van der Waals surface area contributed by atoms with Crippen LogP contribution in [-0.4, -0.2) is 33.3 Å². The van der Waals surface area contributed by atoms with E-state index in [1.54, 1.807) is 13.8 Å². The molecule has 1 fully saturated rings. The Morgan fingerprint density at radius 3 is 2.70 bits per heavy atom. The summed E-state index contributed by atoms with van der Waals surface area (Å²) in [6.45, 7) is 3.35. The van der Waals surface area contributed by atoms with Gasteiger partial charge >= 0.3 is 0 Å². The zero-order chi connectivity index (χ0) is 16.6. The van der Waals surface area contributed by atoms with Crippen LogP contribution in [-0.2, 0) is 9.59 Å². The van der Waals surface area contributed by atoms with Crippen molar-refractivity contribution in [3.63, 3.8) is 0 Å². The van der Waals surface area contributed by atoms with E-state index in [9.17, 15) is 14.7 Å². The summed E-state index contributed by atoms with van der Waals surface area (Å²) >= 11 is 1.08. The number of aliphatic hydroxyl groups excluding tert-OH is 1.